The summed E-state index contributed by atoms with van der Waals surface area (Å²) in [7, 11) is 1.93. The third-order valence-corrected chi connectivity index (χ3v) is 5.50. The van der Waals surface area contributed by atoms with Crippen molar-refractivity contribution in [3.05, 3.63) is 52.3 Å². The maximum atomic E-state index is 14.4. The molecular formula is C22H30FN5O. The highest BCUT2D eigenvalue weighted by Crippen LogP contribution is 2.31. The number of hydrogen-bond donors (Lipinski definition) is 4. The van der Waals surface area contributed by atoms with E-state index in [1.807, 2.05) is 19.2 Å². The zero-order valence-corrected chi connectivity index (χ0v) is 17.1. The minimum atomic E-state index is -0.252. The molecular weight excluding hydrogens is 369 g/mol. The summed E-state index contributed by atoms with van der Waals surface area (Å²) in [6.45, 7) is 3.69. The predicted octanol–water partition coefficient (Wildman–Crippen LogP) is 3.60. The van der Waals surface area contributed by atoms with E-state index in [0.29, 0.717) is 30.2 Å². The highest BCUT2D eigenvalue weighted by atomic mass is 19.1. The SMILES string of the molecule is CCCC(CCNC)c1cc2c(n(C=N)c1=N)NCc1c(F)cccc1CCO2. The fraction of sp³-hybridized carbons (Fsp3) is 0.455. The molecule has 156 valence electrons. The van der Waals surface area contributed by atoms with Crippen molar-refractivity contribution in [3.63, 3.8) is 0 Å². The summed E-state index contributed by atoms with van der Waals surface area (Å²) in [4.78, 5) is 0. The van der Waals surface area contributed by atoms with Crippen molar-refractivity contribution in [1.29, 1.82) is 10.8 Å². The Balaban J connectivity index is 2.05. The molecule has 0 saturated heterocycles. The number of halogens is 1. The Kier molecular flexibility index (Phi) is 7.04. The second kappa shape index (κ2) is 9.69. The van der Waals surface area contributed by atoms with Gasteiger partial charge in [0, 0.05) is 24.1 Å². The Morgan fingerprint density at radius 1 is 1.38 bits per heavy atom. The lowest BCUT2D eigenvalue weighted by atomic mass is 9.92. The van der Waals surface area contributed by atoms with Crippen molar-refractivity contribution in [2.75, 3.05) is 25.5 Å². The average molecular weight is 400 g/mol. The van der Waals surface area contributed by atoms with E-state index >= 15 is 0 Å². The Labute approximate surface area is 171 Å². The molecule has 1 aromatic carbocycles. The van der Waals surface area contributed by atoms with Crippen molar-refractivity contribution in [3.8, 4) is 5.75 Å². The second-order valence-electron chi connectivity index (χ2n) is 7.37. The van der Waals surface area contributed by atoms with E-state index in [9.17, 15) is 4.39 Å². The van der Waals surface area contributed by atoms with Gasteiger partial charge in [0.1, 0.15) is 11.3 Å². The molecule has 0 spiro atoms. The van der Waals surface area contributed by atoms with Crippen molar-refractivity contribution >= 4 is 12.2 Å². The van der Waals surface area contributed by atoms with Gasteiger partial charge in [-0.3, -0.25) is 15.4 Å². The topological polar surface area (TPSA) is 85.9 Å². The number of nitrogens with one attached hydrogen (secondary N) is 4. The Hall–Kier alpha value is -2.67. The first kappa shape index (κ1) is 21.0. The first-order valence-electron chi connectivity index (χ1n) is 10.2. The zero-order valence-electron chi connectivity index (χ0n) is 17.1. The van der Waals surface area contributed by atoms with Gasteiger partial charge in [0.15, 0.2) is 11.6 Å². The van der Waals surface area contributed by atoms with E-state index in [4.69, 9.17) is 15.6 Å². The zero-order chi connectivity index (χ0) is 20.8. The van der Waals surface area contributed by atoms with Crippen molar-refractivity contribution in [2.24, 2.45) is 0 Å². The molecule has 0 fully saturated rings. The predicted molar refractivity (Wildman–Crippen MR) is 114 cm³/mol. The highest BCUT2D eigenvalue weighted by Gasteiger charge is 2.21. The molecule has 0 bridgehead atoms. The van der Waals surface area contributed by atoms with E-state index in [-0.39, 0.29) is 23.8 Å². The standard InChI is InChI=1S/C22H30FN5O/c1-3-5-15(8-10-26-2)17-12-20-22(28(14-24)21(17)25)27-13-18-16(9-11-29-20)6-4-7-19(18)23/h4,6-7,12,14-15,24-27H,3,5,8-11,13H2,1-2H3. The lowest BCUT2D eigenvalue weighted by Crippen LogP contribution is -2.29. The van der Waals surface area contributed by atoms with E-state index in [2.05, 4.69) is 17.6 Å². The molecule has 7 heteroatoms. The summed E-state index contributed by atoms with van der Waals surface area (Å²) >= 11 is 0. The third-order valence-electron chi connectivity index (χ3n) is 5.50. The van der Waals surface area contributed by atoms with Gasteiger partial charge < -0.3 is 15.4 Å². The van der Waals surface area contributed by atoms with Gasteiger partial charge in [0.2, 0.25) is 0 Å². The summed E-state index contributed by atoms with van der Waals surface area (Å²) in [5.74, 6) is 1.09. The van der Waals surface area contributed by atoms with Crippen LogP contribution >= 0.6 is 0 Å². The molecule has 2 aromatic rings. The number of nitrogens with zero attached hydrogens (tertiary/aromatic N) is 1. The van der Waals surface area contributed by atoms with Crippen LogP contribution in [0.2, 0.25) is 0 Å². The van der Waals surface area contributed by atoms with Crippen LogP contribution in [0.4, 0.5) is 10.2 Å². The van der Waals surface area contributed by atoms with Crippen LogP contribution < -0.4 is 20.9 Å². The summed E-state index contributed by atoms with van der Waals surface area (Å²) in [6.07, 6.45) is 4.63. The van der Waals surface area contributed by atoms with Crippen molar-refractivity contribution < 1.29 is 9.13 Å². The van der Waals surface area contributed by atoms with Crippen LogP contribution in [0.25, 0.3) is 0 Å². The molecule has 1 aliphatic rings. The number of aromatic nitrogens is 1. The first-order chi connectivity index (χ1) is 14.1. The largest absolute Gasteiger partial charge is 0.489 e. The van der Waals surface area contributed by atoms with Gasteiger partial charge in [0.05, 0.1) is 12.9 Å². The summed E-state index contributed by atoms with van der Waals surface area (Å²) in [5.41, 5.74) is 2.68. The maximum Gasteiger partial charge on any atom is 0.160 e. The molecule has 1 unspecified atom stereocenters. The van der Waals surface area contributed by atoms with Crippen LogP contribution in [0, 0.1) is 16.6 Å². The van der Waals surface area contributed by atoms with Crippen LogP contribution in [-0.4, -0.2) is 31.1 Å². The smallest absolute Gasteiger partial charge is 0.160 e. The number of pyridine rings is 1. The fourth-order valence-corrected chi connectivity index (χ4v) is 3.97. The minimum absolute atomic E-state index is 0.210. The number of benzene rings is 1. The lowest BCUT2D eigenvalue weighted by Gasteiger charge is -2.22. The molecule has 29 heavy (non-hydrogen) atoms. The number of ether oxygens (including phenoxy) is 1. The molecule has 6 nitrogen and oxygen atoms in total. The Bertz CT molecular complexity index is 924. The van der Waals surface area contributed by atoms with Crippen LogP contribution in [0.3, 0.4) is 0 Å². The molecule has 2 heterocycles. The van der Waals surface area contributed by atoms with Gasteiger partial charge >= 0.3 is 0 Å². The Morgan fingerprint density at radius 3 is 2.93 bits per heavy atom. The van der Waals surface area contributed by atoms with Crippen LogP contribution in [0.15, 0.2) is 24.3 Å². The third kappa shape index (κ3) is 4.50. The van der Waals surface area contributed by atoms with Crippen molar-refractivity contribution in [1.82, 2.24) is 9.88 Å². The quantitative estimate of drug-likeness (QED) is 0.424. The monoisotopic (exact) mass is 399 g/mol. The molecule has 0 aliphatic carbocycles. The maximum absolute atomic E-state index is 14.4. The number of fused-ring (bicyclic) bond motifs is 2. The molecule has 0 saturated carbocycles. The average Bonchev–Trinajstić information content (AvgIpc) is 2.80. The van der Waals surface area contributed by atoms with Gasteiger partial charge in [-0.2, -0.15) is 0 Å². The van der Waals surface area contributed by atoms with E-state index in [1.54, 1.807) is 6.07 Å². The number of hydrogen-bond acceptors (Lipinski definition) is 5. The molecule has 4 N–H and O–H groups in total. The van der Waals surface area contributed by atoms with Crippen LogP contribution in [0.5, 0.6) is 5.75 Å². The minimum Gasteiger partial charge on any atom is -0.489 e. The van der Waals surface area contributed by atoms with Gasteiger partial charge in [-0.25, -0.2) is 4.39 Å². The first-order valence-corrected chi connectivity index (χ1v) is 10.2. The summed E-state index contributed by atoms with van der Waals surface area (Å²) in [5, 5.41) is 23.0. The van der Waals surface area contributed by atoms with Gasteiger partial charge in [-0.05, 0) is 50.0 Å². The molecule has 3 rings (SSSR count). The van der Waals surface area contributed by atoms with Gasteiger partial charge in [0.25, 0.3) is 0 Å². The van der Waals surface area contributed by atoms with E-state index in [0.717, 1.165) is 43.3 Å². The van der Waals surface area contributed by atoms with Gasteiger partial charge in [-0.1, -0.05) is 25.5 Å². The number of rotatable bonds is 7. The van der Waals surface area contributed by atoms with E-state index in [1.165, 1.54) is 10.6 Å². The molecule has 1 atom stereocenters. The lowest BCUT2D eigenvalue weighted by molar-refractivity contribution is 0.321. The Morgan fingerprint density at radius 2 is 2.21 bits per heavy atom. The summed E-state index contributed by atoms with van der Waals surface area (Å²) in [6, 6.07) is 7.03. The summed E-state index contributed by atoms with van der Waals surface area (Å²) < 4.78 is 21.9. The van der Waals surface area contributed by atoms with Crippen LogP contribution in [0.1, 0.15) is 48.8 Å². The molecule has 0 radical (unpaired) electrons. The van der Waals surface area contributed by atoms with Gasteiger partial charge in [-0.15, -0.1) is 0 Å². The van der Waals surface area contributed by atoms with Crippen molar-refractivity contribution in [2.45, 2.75) is 45.1 Å². The molecule has 1 aliphatic heterocycles. The van der Waals surface area contributed by atoms with Crippen LogP contribution in [-0.2, 0) is 13.0 Å². The normalized spacial score (nSPS) is 14.3. The molecule has 1 aromatic heterocycles. The fourth-order valence-electron chi connectivity index (χ4n) is 3.97. The number of anilines is 1. The van der Waals surface area contributed by atoms with E-state index < -0.39 is 0 Å². The second-order valence-corrected chi connectivity index (χ2v) is 7.37. The highest BCUT2D eigenvalue weighted by molar-refractivity contribution is 5.67. The molecule has 0 amide bonds.